The molecule has 3 saturated heterocycles. The Morgan fingerprint density at radius 3 is 2.19 bits per heavy atom. The van der Waals surface area contributed by atoms with Gasteiger partial charge in [-0.05, 0) is 168 Å². The van der Waals surface area contributed by atoms with Crippen molar-refractivity contribution >= 4 is 57.7 Å². The molecule has 69 heavy (non-hydrogen) atoms. The zero-order valence-electron chi connectivity index (χ0n) is 39.3. The summed E-state index contributed by atoms with van der Waals surface area (Å²) in [4.78, 5) is 87.6. The Labute approximate surface area is 402 Å². The van der Waals surface area contributed by atoms with Crippen molar-refractivity contribution in [2.75, 3.05) is 36.8 Å². The van der Waals surface area contributed by atoms with Gasteiger partial charge >= 0.3 is 0 Å². The molecular formula is C54H62FN7O7. The number of halogens is 1. The third kappa shape index (κ3) is 9.97. The van der Waals surface area contributed by atoms with E-state index in [4.69, 9.17) is 4.74 Å². The van der Waals surface area contributed by atoms with Crippen molar-refractivity contribution in [3.8, 4) is 5.75 Å². The fourth-order valence-electron chi connectivity index (χ4n) is 12.1. The lowest BCUT2D eigenvalue weighted by Gasteiger charge is -2.42. The Morgan fingerprint density at radius 1 is 0.754 bits per heavy atom. The molecule has 5 fully saturated rings. The minimum atomic E-state index is -0.985. The molecule has 6 amide bonds. The molecule has 3 N–H and O–H groups in total. The van der Waals surface area contributed by atoms with Crippen LogP contribution in [0.1, 0.15) is 129 Å². The molecule has 1 aromatic heterocycles. The third-order valence-corrected chi connectivity index (χ3v) is 16.2. The Morgan fingerprint density at radius 2 is 1.46 bits per heavy atom. The highest BCUT2D eigenvalue weighted by molar-refractivity contribution is 6.23. The average Bonchev–Trinajstić information content (AvgIpc) is 3.61. The van der Waals surface area contributed by atoms with E-state index in [1.54, 1.807) is 24.3 Å². The van der Waals surface area contributed by atoms with Crippen molar-refractivity contribution in [1.29, 1.82) is 0 Å². The molecule has 362 valence electrons. The van der Waals surface area contributed by atoms with Gasteiger partial charge in [-0.15, -0.1) is 0 Å². The van der Waals surface area contributed by atoms with Crippen LogP contribution in [0, 0.1) is 23.6 Å². The maximum absolute atomic E-state index is 14.1. The van der Waals surface area contributed by atoms with Gasteiger partial charge in [0.15, 0.2) is 0 Å². The van der Waals surface area contributed by atoms with E-state index in [2.05, 4.69) is 25.8 Å². The smallest absolute Gasteiger partial charge is 0.262 e. The molecular weight excluding hydrogens is 878 g/mol. The number of imide groups is 2. The van der Waals surface area contributed by atoms with Crippen molar-refractivity contribution in [3.05, 3.63) is 95.4 Å². The number of carbonyl (C=O) groups excluding carboxylic acids is 6. The number of likely N-dealkylation sites (tertiary alicyclic amines) is 2. The molecule has 4 aromatic rings. The zero-order valence-corrected chi connectivity index (χ0v) is 39.3. The molecule has 14 nitrogen and oxygen atoms in total. The number of aromatic nitrogens is 1. The fourth-order valence-corrected chi connectivity index (χ4v) is 12.1. The van der Waals surface area contributed by atoms with Gasteiger partial charge in [0.2, 0.25) is 23.6 Å². The van der Waals surface area contributed by atoms with E-state index in [1.807, 2.05) is 54.4 Å². The summed E-state index contributed by atoms with van der Waals surface area (Å²) in [6.07, 6.45) is 13.1. The van der Waals surface area contributed by atoms with Gasteiger partial charge in [0, 0.05) is 79.2 Å². The molecule has 4 aliphatic heterocycles. The van der Waals surface area contributed by atoms with Gasteiger partial charge in [-0.3, -0.25) is 44.0 Å². The van der Waals surface area contributed by atoms with Crippen molar-refractivity contribution in [3.63, 3.8) is 0 Å². The maximum atomic E-state index is 14.1. The monoisotopic (exact) mass is 939 g/mol. The first kappa shape index (κ1) is 46.5. The van der Waals surface area contributed by atoms with E-state index in [9.17, 15) is 33.2 Å². The molecule has 0 bridgehead atoms. The summed E-state index contributed by atoms with van der Waals surface area (Å²) in [5, 5.41) is 9.82. The topological polar surface area (TPSA) is 170 Å². The van der Waals surface area contributed by atoms with Crippen LogP contribution >= 0.6 is 0 Å². The number of carbonyl (C=O) groups is 6. The number of pyridine rings is 1. The number of ether oxygens (including phenoxy) is 1. The van der Waals surface area contributed by atoms with E-state index >= 15 is 0 Å². The summed E-state index contributed by atoms with van der Waals surface area (Å²) in [6, 6.07) is 19.3. The number of nitrogens with one attached hydrogen (secondary N) is 3. The standard InChI is InChI=1S/C54H62FN7O7/c1-32(33-2-4-34(5-3-33)43-20-25-56-47-17-6-36(55)30-45(43)47)50(64)58-38-9-14-41(15-10-38)69-42-23-28-61(29-24-42)52(66)35-21-26-60(27-22-35)40-12-7-37(8-13-40)57-39-11-16-44-46(31-39)54(68)62(53(44)67)48-18-19-49(63)59-51(48)65/h6,9-11,14-17,20,25,30-35,37,40,42,48,57H,2-5,7-8,12-13,18-19,21-24,26-29H2,1H3,(H,58,64)(H,59,63,65)/t32-,33-,34+,37?,40?,48?/m1/s1. The SMILES string of the molecule is C[C@@H](C(=O)Nc1ccc(OC2CCN(C(=O)C3CCN(C4CCC(Nc5ccc6c(c5)C(=O)N(C5CCC(=O)NC5=O)C6=O)CC4)CC3)CC2)cc1)[C@H]1CC[C@@H](c2ccnc3ccc(F)cc32)CC1. The molecule has 2 atom stereocenters. The second-order valence-electron chi connectivity index (χ2n) is 20.3. The van der Waals surface area contributed by atoms with E-state index < -0.39 is 29.7 Å². The Kier molecular flexibility index (Phi) is 13.5. The number of hydrogen-bond acceptors (Lipinski definition) is 10. The Balaban J connectivity index is 0.617. The van der Waals surface area contributed by atoms with Crippen LogP contribution in [0.3, 0.4) is 0 Å². The van der Waals surface area contributed by atoms with E-state index in [0.29, 0.717) is 25.0 Å². The average molecular weight is 940 g/mol. The van der Waals surface area contributed by atoms with Gasteiger partial charge in [0.1, 0.15) is 23.7 Å². The molecule has 6 aliphatic rings. The second kappa shape index (κ2) is 20.0. The molecule has 1 unspecified atom stereocenters. The second-order valence-corrected chi connectivity index (χ2v) is 20.3. The summed E-state index contributed by atoms with van der Waals surface area (Å²) in [6.45, 7) is 5.20. The number of amides is 6. The van der Waals surface area contributed by atoms with Crippen LogP contribution in [-0.2, 0) is 19.2 Å². The summed E-state index contributed by atoms with van der Waals surface area (Å²) < 4.78 is 20.4. The number of benzene rings is 3. The Bertz CT molecular complexity index is 2610. The van der Waals surface area contributed by atoms with Crippen molar-refractivity contribution in [2.24, 2.45) is 17.8 Å². The van der Waals surface area contributed by atoms with Gasteiger partial charge in [-0.25, -0.2) is 4.39 Å². The summed E-state index contributed by atoms with van der Waals surface area (Å²) in [5.41, 5.74) is 4.02. The maximum Gasteiger partial charge on any atom is 0.262 e. The highest BCUT2D eigenvalue weighted by Crippen LogP contribution is 2.41. The quantitative estimate of drug-likeness (QED) is 0.126. The van der Waals surface area contributed by atoms with E-state index in [0.717, 1.165) is 129 Å². The number of anilines is 2. The van der Waals surface area contributed by atoms with Crippen LogP contribution in [0.5, 0.6) is 5.75 Å². The lowest BCUT2D eigenvalue weighted by atomic mass is 9.73. The minimum absolute atomic E-state index is 0.0155. The largest absolute Gasteiger partial charge is 0.490 e. The molecule has 3 aromatic carbocycles. The molecule has 0 spiro atoms. The van der Waals surface area contributed by atoms with Crippen LogP contribution in [0.4, 0.5) is 15.8 Å². The molecule has 2 saturated carbocycles. The van der Waals surface area contributed by atoms with Crippen LogP contribution in [0.15, 0.2) is 72.9 Å². The van der Waals surface area contributed by atoms with Crippen LogP contribution < -0.4 is 20.7 Å². The summed E-state index contributed by atoms with van der Waals surface area (Å²) >= 11 is 0. The van der Waals surface area contributed by atoms with Crippen LogP contribution in [0.2, 0.25) is 0 Å². The first-order valence-corrected chi connectivity index (χ1v) is 25.2. The van der Waals surface area contributed by atoms with Crippen molar-refractivity contribution in [2.45, 2.75) is 127 Å². The minimum Gasteiger partial charge on any atom is -0.490 e. The van der Waals surface area contributed by atoms with Gasteiger partial charge in [-0.1, -0.05) is 6.92 Å². The van der Waals surface area contributed by atoms with E-state index in [-0.39, 0.29) is 71.5 Å². The highest BCUT2D eigenvalue weighted by atomic mass is 19.1. The summed E-state index contributed by atoms with van der Waals surface area (Å²) in [7, 11) is 0. The highest BCUT2D eigenvalue weighted by Gasteiger charge is 2.45. The van der Waals surface area contributed by atoms with Crippen LogP contribution in [-0.4, -0.2) is 106 Å². The fraction of sp³-hybridized carbons (Fsp3) is 0.500. The third-order valence-electron chi connectivity index (χ3n) is 16.2. The Hall–Kier alpha value is -6.22. The number of fused-ring (bicyclic) bond motifs is 2. The van der Waals surface area contributed by atoms with Gasteiger partial charge in [0.25, 0.3) is 11.8 Å². The predicted molar refractivity (Wildman–Crippen MR) is 258 cm³/mol. The van der Waals surface area contributed by atoms with Gasteiger partial charge < -0.3 is 25.2 Å². The van der Waals surface area contributed by atoms with Crippen molar-refractivity contribution < 1.29 is 37.9 Å². The number of piperidine rings is 3. The molecule has 0 radical (unpaired) electrons. The van der Waals surface area contributed by atoms with Crippen molar-refractivity contribution in [1.82, 2.24) is 25.0 Å². The first-order valence-electron chi connectivity index (χ1n) is 25.2. The number of hydrogen-bond donors (Lipinski definition) is 3. The number of nitrogens with zero attached hydrogens (tertiary/aromatic N) is 4. The van der Waals surface area contributed by atoms with E-state index in [1.165, 1.54) is 6.07 Å². The predicted octanol–water partition coefficient (Wildman–Crippen LogP) is 7.83. The lowest BCUT2D eigenvalue weighted by molar-refractivity contribution is -0.139. The molecule has 2 aliphatic carbocycles. The molecule has 5 heterocycles. The normalized spacial score (nSPS) is 25.6. The molecule has 15 heteroatoms. The van der Waals surface area contributed by atoms with Gasteiger partial charge in [-0.2, -0.15) is 0 Å². The van der Waals surface area contributed by atoms with Gasteiger partial charge in [0.05, 0.1) is 16.6 Å². The number of rotatable bonds is 11. The summed E-state index contributed by atoms with van der Waals surface area (Å²) in [5.74, 6) is -0.736. The van der Waals surface area contributed by atoms with Crippen LogP contribution in [0.25, 0.3) is 10.9 Å². The lowest BCUT2D eigenvalue weighted by Crippen LogP contribution is -2.54. The molecule has 10 rings (SSSR count). The zero-order chi connectivity index (χ0) is 47.8. The first-order chi connectivity index (χ1) is 33.4.